The zero-order valence-corrected chi connectivity index (χ0v) is 23.3. The highest BCUT2D eigenvalue weighted by atomic mass is 16.6. The van der Waals surface area contributed by atoms with E-state index in [1.807, 2.05) is 0 Å². The van der Waals surface area contributed by atoms with Crippen LogP contribution in [0.15, 0.2) is 54.6 Å². The third-order valence-corrected chi connectivity index (χ3v) is 8.67. The molecule has 0 spiro atoms. The fraction of sp³-hybridized carbons (Fsp3) is 0.355. The van der Waals surface area contributed by atoms with Crippen molar-refractivity contribution in [3.05, 3.63) is 71.3 Å². The number of carboxylic acids is 1. The van der Waals surface area contributed by atoms with Crippen LogP contribution in [0.3, 0.4) is 0 Å². The van der Waals surface area contributed by atoms with E-state index in [9.17, 15) is 55.5 Å². The van der Waals surface area contributed by atoms with Crippen LogP contribution in [0.5, 0.6) is 34.5 Å². The fourth-order valence-electron chi connectivity index (χ4n) is 6.42. The van der Waals surface area contributed by atoms with E-state index in [1.165, 1.54) is 48.5 Å². The summed E-state index contributed by atoms with van der Waals surface area (Å²) in [6, 6.07) is 11.8. The Morgan fingerprint density at radius 2 is 1.38 bits per heavy atom. The smallest absolute Gasteiger partial charge is 0.335 e. The largest absolute Gasteiger partial charge is 0.508 e. The van der Waals surface area contributed by atoms with Crippen LogP contribution in [0.1, 0.15) is 47.7 Å². The van der Waals surface area contributed by atoms with Crippen molar-refractivity contribution in [2.75, 3.05) is 0 Å². The normalized spacial score (nSPS) is 32.0. The molecule has 3 aliphatic rings. The number of ether oxygens (including phenoxy) is 3. The van der Waals surface area contributed by atoms with Gasteiger partial charge in [-0.2, -0.15) is 0 Å². The molecule has 1 saturated carbocycles. The Balaban J connectivity index is 1.47. The third kappa shape index (κ3) is 5.21. The summed E-state index contributed by atoms with van der Waals surface area (Å²) in [5.74, 6) is -6.69. The van der Waals surface area contributed by atoms with Gasteiger partial charge in [0, 0.05) is 36.5 Å². The first kappa shape index (κ1) is 30.3. The van der Waals surface area contributed by atoms with Gasteiger partial charge in [-0.1, -0.05) is 18.2 Å². The average molecular weight is 627 g/mol. The highest BCUT2D eigenvalue weighted by Crippen LogP contribution is 2.58. The van der Waals surface area contributed by atoms with Gasteiger partial charge in [0.15, 0.2) is 23.2 Å². The number of carbonyl (C=O) groups excluding carboxylic acids is 1. The Bertz CT molecular complexity index is 1640. The zero-order chi connectivity index (χ0) is 32.4. The van der Waals surface area contributed by atoms with Crippen LogP contribution >= 0.6 is 0 Å². The fourth-order valence-corrected chi connectivity index (χ4v) is 6.42. The Kier molecular flexibility index (Phi) is 7.40. The van der Waals surface area contributed by atoms with Crippen molar-refractivity contribution in [2.24, 2.45) is 5.92 Å². The molecule has 0 saturated heterocycles. The average Bonchev–Trinajstić information content (AvgIpc) is 2.98. The number of aliphatic hydroxyl groups is 4. The molecule has 3 aromatic carbocycles. The second-order valence-electron chi connectivity index (χ2n) is 11.6. The van der Waals surface area contributed by atoms with E-state index in [0.29, 0.717) is 5.56 Å². The molecule has 0 aromatic heterocycles. The van der Waals surface area contributed by atoms with E-state index in [-0.39, 0.29) is 34.1 Å². The maximum atomic E-state index is 14.2. The first-order chi connectivity index (χ1) is 21.3. The highest BCUT2D eigenvalue weighted by Gasteiger charge is 2.56. The van der Waals surface area contributed by atoms with Gasteiger partial charge in [-0.15, -0.1) is 0 Å². The number of benzene rings is 3. The van der Waals surface area contributed by atoms with Gasteiger partial charge in [-0.3, -0.25) is 4.79 Å². The van der Waals surface area contributed by atoms with E-state index in [4.69, 9.17) is 14.2 Å². The van der Waals surface area contributed by atoms with Gasteiger partial charge < -0.3 is 60.2 Å². The van der Waals surface area contributed by atoms with Crippen molar-refractivity contribution < 1.29 is 69.8 Å². The molecule has 9 atom stereocenters. The Hall–Kier alpha value is -4.76. The number of carboxylic acid groups (broad SMARTS) is 1. The molecule has 2 heterocycles. The van der Waals surface area contributed by atoms with Crippen LogP contribution in [0.4, 0.5) is 0 Å². The minimum atomic E-state index is -2.51. The topological polar surface area (TPSA) is 244 Å². The Labute approximate surface area is 254 Å². The van der Waals surface area contributed by atoms with Gasteiger partial charge in [-0.05, 0) is 35.4 Å². The van der Waals surface area contributed by atoms with E-state index in [1.54, 1.807) is 0 Å². The first-order valence-corrected chi connectivity index (χ1v) is 14.0. The summed E-state index contributed by atoms with van der Waals surface area (Å²) in [7, 11) is 0. The molecule has 0 radical (unpaired) electrons. The van der Waals surface area contributed by atoms with Gasteiger partial charge in [0.1, 0.15) is 53.3 Å². The lowest BCUT2D eigenvalue weighted by Crippen LogP contribution is -2.57. The van der Waals surface area contributed by atoms with E-state index >= 15 is 0 Å². The molecule has 0 bridgehead atoms. The molecule has 45 heavy (non-hydrogen) atoms. The predicted octanol–water partition coefficient (Wildman–Crippen LogP) is 1.08. The Morgan fingerprint density at radius 3 is 2.00 bits per heavy atom. The van der Waals surface area contributed by atoms with Crippen molar-refractivity contribution in [3.63, 3.8) is 0 Å². The van der Waals surface area contributed by atoms with Crippen molar-refractivity contribution >= 4 is 11.9 Å². The number of aliphatic carboxylic acids is 1. The molecule has 1 aliphatic carbocycles. The van der Waals surface area contributed by atoms with Crippen LogP contribution in [-0.2, 0) is 14.3 Å². The molecule has 9 unspecified atom stereocenters. The van der Waals surface area contributed by atoms with Gasteiger partial charge in [-0.25, -0.2) is 4.79 Å². The minimum Gasteiger partial charge on any atom is -0.508 e. The Morgan fingerprint density at radius 1 is 0.756 bits per heavy atom. The lowest BCUT2D eigenvalue weighted by molar-refractivity contribution is -0.203. The molecular weight excluding hydrogens is 596 g/mol. The monoisotopic (exact) mass is 626 g/mol. The van der Waals surface area contributed by atoms with Crippen molar-refractivity contribution in [3.8, 4) is 34.5 Å². The maximum absolute atomic E-state index is 14.2. The lowest BCUT2D eigenvalue weighted by atomic mass is 9.71. The number of aliphatic hydroxyl groups excluding tert-OH is 3. The van der Waals surface area contributed by atoms with Crippen LogP contribution in [0.25, 0.3) is 0 Å². The molecule has 14 nitrogen and oxygen atoms in total. The first-order valence-electron chi connectivity index (χ1n) is 14.0. The van der Waals surface area contributed by atoms with E-state index in [0.717, 1.165) is 6.07 Å². The number of rotatable bonds is 5. The van der Waals surface area contributed by atoms with Crippen molar-refractivity contribution in [1.82, 2.24) is 0 Å². The number of esters is 1. The van der Waals surface area contributed by atoms with Gasteiger partial charge in [0.2, 0.25) is 0 Å². The third-order valence-electron chi connectivity index (χ3n) is 8.67. The SMILES string of the molecule is O=C(OC1CC(O)(C(=O)O)CC(O)C1O)C1C(c2ccc(O)cc2)Oc2cc(O)cc3c2C1C(O)C(c1ccc(O)c(O)c1)O3. The van der Waals surface area contributed by atoms with Gasteiger partial charge >= 0.3 is 11.9 Å². The molecule has 1 fully saturated rings. The summed E-state index contributed by atoms with van der Waals surface area (Å²) in [4.78, 5) is 25.9. The maximum Gasteiger partial charge on any atom is 0.335 e. The standard InChI is InChI=1S/C31H30O14/c32-14-4-1-12(2-5-14)27-24(29(39)45-21-11-31(42,30(40)41)10-18(36)25(21)37)23-22-19(43-27)8-15(33)9-20(22)44-28(26(23)38)13-3-6-16(34)17(35)7-13/h1-9,18,21,23-28,32-38,42H,10-11H2,(H,40,41). The summed E-state index contributed by atoms with van der Waals surface area (Å²) >= 11 is 0. The molecule has 2 aliphatic heterocycles. The van der Waals surface area contributed by atoms with Crippen molar-refractivity contribution in [2.45, 2.75) is 61.0 Å². The highest BCUT2D eigenvalue weighted by molar-refractivity contribution is 5.79. The molecule has 0 amide bonds. The van der Waals surface area contributed by atoms with E-state index < -0.39 is 90.3 Å². The number of carbonyl (C=O) groups is 2. The second kappa shape index (κ2) is 11.0. The quantitative estimate of drug-likeness (QED) is 0.142. The summed E-state index contributed by atoms with van der Waals surface area (Å²) < 4.78 is 17.8. The van der Waals surface area contributed by atoms with E-state index in [2.05, 4.69) is 0 Å². The van der Waals surface area contributed by atoms with Crippen molar-refractivity contribution in [1.29, 1.82) is 0 Å². The molecule has 6 rings (SSSR count). The number of phenolic OH excluding ortho intramolecular Hbond substituents is 4. The predicted molar refractivity (Wildman–Crippen MR) is 149 cm³/mol. The summed E-state index contributed by atoms with van der Waals surface area (Å²) in [5.41, 5.74) is -1.80. The van der Waals surface area contributed by atoms with Crippen LogP contribution in [0.2, 0.25) is 0 Å². The van der Waals surface area contributed by atoms with Crippen LogP contribution in [0, 0.1) is 5.92 Å². The summed E-state index contributed by atoms with van der Waals surface area (Å²) in [5, 5.41) is 93.4. The number of aromatic hydroxyl groups is 4. The van der Waals surface area contributed by atoms with Gasteiger partial charge in [0.25, 0.3) is 0 Å². The molecule has 9 N–H and O–H groups in total. The number of hydrogen-bond acceptors (Lipinski definition) is 13. The summed E-state index contributed by atoms with van der Waals surface area (Å²) in [6.07, 6.45) is -10.7. The number of phenols is 4. The second-order valence-corrected chi connectivity index (χ2v) is 11.6. The number of hydrogen-bond donors (Lipinski definition) is 9. The molecule has 14 heteroatoms. The van der Waals surface area contributed by atoms with Crippen LogP contribution in [-0.4, -0.2) is 87.9 Å². The summed E-state index contributed by atoms with van der Waals surface area (Å²) in [6.45, 7) is 0. The van der Waals surface area contributed by atoms with Crippen LogP contribution < -0.4 is 9.47 Å². The lowest BCUT2D eigenvalue weighted by Gasteiger charge is -2.46. The minimum absolute atomic E-state index is 0.0215. The molecule has 238 valence electrons. The van der Waals surface area contributed by atoms with Gasteiger partial charge in [0.05, 0.1) is 6.10 Å². The molecular formula is C31H30O14. The zero-order valence-electron chi connectivity index (χ0n) is 23.3. The molecule has 3 aromatic rings.